The first-order valence-corrected chi connectivity index (χ1v) is 5.74. The fourth-order valence-corrected chi connectivity index (χ4v) is 2.35. The van der Waals surface area contributed by atoms with E-state index in [2.05, 4.69) is 37.2 Å². The van der Waals surface area contributed by atoms with Crippen LogP contribution < -0.4 is 10.2 Å². The molecule has 82 valence electrons. The van der Waals surface area contributed by atoms with Gasteiger partial charge in [-0.2, -0.15) is 0 Å². The van der Waals surface area contributed by atoms with E-state index < -0.39 is 0 Å². The Kier molecular flexibility index (Phi) is 2.79. The number of benzene rings is 1. The molecule has 0 fully saturated rings. The van der Waals surface area contributed by atoms with Gasteiger partial charge in [0.05, 0.1) is 16.4 Å². The van der Waals surface area contributed by atoms with Gasteiger partial charge >= 0.3 is 0 Å². The molecule has 0 aromatic heterocycles. The Morgan fingerprint density at radius 2 is 2.20 bits per heavy atom. The van der Waals surface area contributed by atoms with Crippen LogP contribution >= 0.6 is 11.6 Å². The second-order valence-electron chi connectivity index (χ2n) is 4.32. The summed E-state index contributed by atoms with van der Waals surface area (Å²) in [5, 5.41) is 4.23. The topological polar surface area (TPSA) is 15.3 Å². The molecule has 2 nitrogen and oxygen atoms in total. The van der Waals surface area contributed by atoms with Gasteiger partial charge in [0.2, 0.25) is 0 Å². The molecule has 0 bridgehead atoms. The lowest BCUT2D eigenvalue weighted by Crippen LogP contribution is -2.28. The molecule has 3 heteroatoms. The van der Waals surface area contributed by atoms with Crippen molar-refractivity contribution in [2.24, 2.45) is 0 Å². The number of aryl methyl sites for hydroxylation is 1. The third kappa shape index (κ3) is 1.91. The highest BCUT2D eigenvalue weighted by Crippen LogP contribution is 2.36. The minimum Gasteiger partial charge on any atom is -0.382 e. The van der Waals surface area contributed by atoms with Crippen LogP contribution in [0.4, 0.5) is 11.4 Å². The van der Waals surface area contributed by atoms with Crippen LogP contribution in [0.1, 0.15) is 18.9 Å². The van der Waals surface area contributed by atoms with Crippen LogP contribution in [0.3, 0.4) is 0 Å². The number of anilines is 2. The molecule has 1 unspecified atom stereocenters. The third-order valence-electron chi connectivity index (χ3n) is 3.12. The Morgan fingerprint density at radius 1 is 1.47 bits per heavy atom. The Morgan fingerprint density at radius 3 is 2.93 bits per heavy atom. The van der Waals surface area contributed by atoms with E-state index in [1.807, 2.05) is 6.07 Å². The summed E-state index contributed by atoms with van der Waals surface area (Å²) in [7, 11) is 2.13. The molecule has 1 atom stereocenters. The molecule has 0 saturated heterocycles. The fourth-order valence-electron chi connectivity index (χ4n) is 2.01. The van der Waals surface area contributed by atoms with Crippen molar-refractivity contribution < 1.29 is 0 Å². The molecule has 1 aromatic carbocycles. The fraction of sp³-hybridized carbons (Fsp3) is 0.500. The molecule has 0 amide bonds. The summed E-state index contributed by atoms with van der Waals surface area (Å²) in [5.41, 5.74) is 3.50. The van der Waals surface area contributed by atoms with Crippen molar-refractivity contribution in [1.82, 2.24) is 0 Å². The first-order valence-electron chi connectivity index (χ1n) is 5.36. The zero-order valence-electron chi connectivity index (χ0n) is 9.47. The summed E-state index contributed by atoms with van der Waals surface area (Å²) in [6.45, 7) is 5.31. The van der Waals surface area contributed by atoms with Gasteiger partial charge in [-0.3, -0.25) is 0 Å². The molecule has 0 radical (unpaired) electrons. The predicted octanol–water partition coefficient (Wildman–Crippen LogP) is 3.29. The zero-order chi connectivity index (χ0) is 11.0. The second kappa shape index (κ2) is 3.93. The van der Waals surface area contributed by atoms with Crippen LogP contribution in [0.25, 0.3) is 0 Å². The average molecular weight is 225 g/mol. The van der Waals surface area contributed by atoms with Crippen LogP contribution in [-0.4, -0.2) is 19.6 Å². The quantitative estimate of drug-likeness (QED) is 0.728. The second-order valence-corrected chi connectivity index (χ2v) is 4.72. The van der Waals surface area contributed by atoms with Crippen molar-refractivity contribution in [2.45, 2.75) is 26.3 Å². The van der Waals surface area contributed by atoms with Crippen LogP contribution in [0.15, 0.2) is 12.1 Å². The number of hydrogen-bond acceptors (Lipinski definition) is 2. The predicted molar refractivity (Wildman–Crippen MR) is 67.2 cm³/mol. The summed E-state index contributed by atoms with van der Waals surface area (Å²) in [6.07, 6.45) is 1.14. The lowest BCUT2D eigenvalue weighted by Gasteiger charge is -2.26. The van der Waals surface area contributed by atoms with E-state index in [1.54, 1.807) is 0 Å². The van der Waals surface area contributed by atoms with E-state index in [9.17, 15) is 0 Å². The van der Waals surface area contributed by atoms with E-state index in [4.69, 9.17) is 11.6 Å². The first kappa shape index (κ1) is 10.6. The Labute approximate surface area is 96.2 Å². The molecular formula is C12H17ClN2. The highest BCUT2D eigenvalue weighted by atomic mass is 35.5. The Balaban J connectivity index is 2.53. The van der Waals surface area contributed by atoms with E-state index in [0.717, 1.165) is 23.7 Å². The van der Waals surface area contributed by atoms with E-state index in [0.29, 0.717) is 6.04 Å². The van der Waals surface area contributed by atoms with Crippen LogP contribution in [0.5, 0.6) is 0 Å². The Hall–Kier alpha value is -0.890. The largest absolute Gasteiger partial charge is 0.382 e. The maximum absolute atomic E-state index is 6.24. The molecule has 0 aliphatic carbocycles. The summed E-state index contributed by atoms with van der Waals surface area (Å²) >= 11 is 6.24. The van der Waals surface area contributed by atoms with Crippen LogP contribution in [0, 0.1) is 6.92 Å². The molecule has 1 heterocycles. The van der Waals surface area contributed by atoms with Gasteiger partial charge in [-0.15, -0.1) is 0 Å². The minimum atomic E-state index is 0.552. The maximum atomic E-state index is 6.24. The average Bonchev–Trinajstić information content (AvgIpc) is 2.30. The van der Waals surface area contributed by atoms with Gasteiger partial charge in [-0.25, -0.2) is 0 Å². The lowest BCUT2D eigenvalue weighted by molar-refractivity contribution is 0.657. The Bertz CT molecular complexity index is 376. The first-order chi connectivity index (χ1) is 7.09. The summed E-state index contributed by atoms with van der Waals surface area (Å²) in [4.78, 5) is 2.30. The van der Waals surface area contributed by atoms with Crippen LogP contribution in [0.2, 0.25) is 5.02 Å². The van der Waals surface area contributed by atoms with Crippen LogP contribution in [-0.2, 0) is 0 Å². The molecular weight excluding hydrogens is 208 g/mol. The maximum Gasteiger partial charge on any atom is 0.0767 e. The van der Waals surface area contributed by atoms with Gasteiger partial charge in [0.1, 0.15) is 0 Å². The number of nitrogens with one attached hydrogen (secondary N) is 1. The number of rotatable bonds is 0. The number of nitrogens with zero attached hydrogens (tertiary/aromatic N) is 1. The van der Waals surface area contributed by atoms with E-state index in [-0.39, 0.29) is 0 Å². The highest BCUT2D eigenvalue weighted by molar-refractivity contribution is 6.34. The van der Waals surface area contributed by atoms with Gasteiger partial charge in [0, 0.05) is 19.6 Å². The molecule has 15 heavy (non-hydrogen) atoms. The summed E-state index contributed by atoms with van der Waals surface area (Å²) in [6, 6.07) is 4.75. The van der Waals surface area contributed by atoms with Gasteiger partial charge in [0.25, 0.3) is 0 Å². The summed E-state index contributed by atoms with van der Waals surface area (Å²) in [5.74, 6) is 0. The van der Waals surface area contributed by atoms with Crippen molar-refractivity contribution >= 4 is 23.0 Å². The van der Waals surface area contributed by atoms with Gasteiger partial charge < -0.3 is 10.2 Å². The van der Waals surface area contributed by atoms with E-state index in [1.165, 1.54) is 11.3 Å². The molecule has 1 aromatic rings. The highest BCUT2D eigenvalue weighted by Gasteiger charge is 2.19. The molecule has 1 N–H and O–H groups in total. The standard InChI is InChI=1S/C12H17ClN2/c1-8-6-10(13)12-11(7-8)15(3)9(2)4-5-14-12/h6-7,9,14H,4-5H2,1-3H3. The molecule has 0 spiro atoms. The number of hydrogen-bond donors (Lipinski definition) is 1. The van der Waals surface area contributed by atoms with E-state index >= 15 is 0 Å². The SMILES string of the molecule is Cc1cc(Cl)c2c(c1)N(C)C(C)CCN2. The molecule has 2 rings (SSSR count). The third-order valence-corrected chi connectivity index (χ3v) is 3.42. The van der Waals surface area contributed by atoms with Crippen molar-refractivity contribution in [2.75, 3.05) is 23.8 Å². The normalized spacial score (nSPS) is 20.5. The molecule has 0 saturated carbocycles. The lowest BCUT2D eigenvalue weighted by atomic mass is 10.1. The zero-order valence-corrected chi connectivity index (χ0v) is 10.2. The van der Waals surface area contributed by atoms with Crippen molar-refractivity contribution in [3.63, 3.8) is 0 Å². The van der Waals surface area contributed by atoms with Crippen molar-refractivity contribution in [3.8, 4) is 0 Å². The van der Waals surface area contributed by atoms with Gasteiger partial charge in [-0.05, 0) is 38.0 Å². The van der Waals surface area contributed by atoms with Crippen molar-refractivity contribution in [3.05, 3.63) is 22.7 Å². The number of halogens is 1. The minimum absolute atomic E-state index is 0.552. The molecule has 1 aliphatic rings. The number of fused-ring (bicyclic) bond motifs is 1. The summed E-state index contributed by atoms with van der Waals surface area (Å²) < 4.78 is 0. The van der Waals surface area contributed by atoms with Crippen molar-refractivity contribution in [1.29, 1.82) is 0 Å². The van der Waals surface area contributed by atoms with Gasteiger partial charge in [-0.1, -0.05) is 11.6 Å². The van der Waals surface area contributed by atoms with Gasteiger partial charge in [0.15, 0.2) is 0 Å². The monoisotopic (exact) mass is 224 g/mol. The smallest absolute Gasteiger partial charge is 0.0767 e. The molecule has 1 aliphatic heterocycles.